The van der Waals surface area contributed by atoms with Gasteiger partial charge in [0.05, 0.1) is 65.7 Å². The van der Waals surface area contributed by atoms with Crippen molar-refractivity contribution in [3.63, 3.8) is 0 Å². The van der Waals surface area contributed by atoms with Gasteiger partial charge in [-0.3, -0.25) is 28.8 Å². The molecule has 528 valence electrons. The highest BCUT2D eigenvalue weighted by atomic mass is 32.1. The second-order valence-corrected chi connectivity index (χ2v) is 28.3. The summed E-state index contributed by atoms with van der Waals surface area (Å²) in [4.78, 5) is 106. The van der Waals surface area contributed by atoms with Crippen LogP contribution in [0.4, 0.5) is 4.79 Å². The summed E-state index contributed by atoms with van der Waals surface area (Å²) >= 11 is 8.40. The van der Waals surface area contributed by atoms with Gasteiger partial charge in [-0.25, -0.2) is 14.4 Å². The van der Waals surface area contributed by atoms with Crippen LogP contribution in [0.3, 0.4) is 0 Å². The molecule has 23 nitrogen and oxygen atoms in total. The van der Waals surface area contributed by atoms with E-state index in [4.69, 9.17) is 44.1 Å². The summed E-state index contributed by atoms with van der Waals surface area (Å²) in [7, 11) is 17.5. The first kappa shape index (κ1) is 95.9. The van der Waals surface area contributed by atoms with Crippen LogP contribution < -0.4 is 0 Å². The van der Waals surface area contributed by atoms with E-state index >= 15 is 0 Å². The molecule has 0 aromatic heterocycles. The number of rotatable bonds is 31. The second-order valence-electron chi connectivity index (χ2n) is 25.6. The molecular weight excluding hydrogens is 1310 g/mol. The average Bonchev–Trinajstić information content (AvgIpc) is 1.27. The molecule has 30 heteroatoms. The van der Waals surface area contributed by atoms with Crippen molar-refractivity contribution in [1.82, 2.24) is 0 Å². The summed E-state index contributed by atoms with van der Waals surface area (Å²) < 4.78 is 49.1. The molecule has 6 atom stereocenters. The molecule has 1 aliphatic rings. The topological polar surface area (TPSA) is 327 Å². The molecule has 0 spiro atoms. The molecular formula is C60H113O23P5S2. The normalized spacial score (nSPS) is 14.2. The van der Waals surface area contributed by atoms with Gasteiger partial charge in [-0.2, -0.15) is 25.3 Å². The van der Waals surface area contributed by atoms with Crippen molar-refractivity contribution >= 4 is 125 Å². The van der Waals surface area contributed by atoms with Gasteiger partial charge in [0.2, 0.25) is 0 Å². The summed E-state index contributed by atoms with van der Waals surface area (Å²) in [5, 5.41) is 34.7. The monoisotopic (exact) mass is 1420 g/mol. The molecule has 1 saturated heterocycles. The Labute approximate surface area is 559 Å². The molecule has 1 aliphatic heterocycles. The minimum Gasteiger partial charge on any atom is -0.468 e. The molecule has 4 N–H and O–H groups in total. The fourth-order valence-corrected chi connectivity index (χ4v) is 7.79. The highest BCUT2D eigenvalue weighted by Gasteiger charge is 2.44. The summed E-state index contributed by atoms with van der Waals surface area (Å²) in [6.07, 6.45) is 4.78. The van der Waals surface area contributed by atoms with E-state index in [1.54, 1.807) is 13.8 Å². The third-order valence-corrected chi connectivity index (χ3v) is 20.7. The lowest BCUT2D eigenvalue weighted by Gasteiger charge is -2.31. The van der Waals surface area contributed by atoms with Crippen molar-refractivity contribution in [3.8, 4) is 0 Å². The first-order chi connectivity index (χ1) is 41.1. The maximum Gasteiger partial charge on any atom is 0.509 e. The van der Waals surface area contributed by atoms with Crippen LogP contribution in [0, 0.1) is 48.7 Å². The van der Waals surface area contributed by atoms with Gasteiger partial charge in [-0.05, 0) is 110 Å². The smallest absolute Gasteiger partial charge is 0.468 e. The Bertz CT molecular complexity index is 2130. The molecule has 0 saturated carbocycles. The number of carbonyl (C=O) groups is 9. The van der Waals surface area contributed by atoms with E-state index in [2.05, 4.69) is 115 Å². The van der Waals surface area contributed by atoms with Gasteiger partial charge in [-0.15, -0.1) is 46.2 Å². The van der Waals surface area contributed by atoms with E-state index in [1.165, 1.54) is 83.8 Å². The van der Waals surface area contributed by atoms with E-state index in [1.807, 2.05) is 27.7 Å². The Hall–Kier alpha value is -2.80. The van der Waals surface area contributed by atoms with Crippen LogP contribution in [0.5, 0.6) is 0 Å². The van der Waals surface area contributed by atoms with Crippen LogP contribution in [-0.2, 0) is 85.7 Å². The van der Waals surface area contributed by atoms with Crippen molar-refractivity contribution in [3.05, 3.63) is 24.3 Å². The molecule has 0 radical (unpaired) electrons. The highest BCUT2D eigenvalue weighted by molar-refractivity contribution is 7.81. The summed E-state index contributed by atoms with van der Waals surface area (Å²) in [5.41, 5.74) is -7.60. The lowest BCUT2D eigenvalue weighted by Crippen LogP contribution is -2.41. The molecule has 0 aromatic carbocycles. The maximum absolute atomic E-state index is 12.5. The van der Waals surface area contributed by atoms with Crippen molar-refractivity contribution in [2.75, 3.05) is 130 Å². The van der Waals surface area contributed by atoms with E-state index < -0.39 is 92.0 Å². The Morgan fingerprint density at radius 3 is 0.900 bits per heavy atom. The second kappa shape index (κ2) is 44.8. The average molecular weight is 1420 g/mol. The number of thiol groups is 2. The third-order valence-electron chi connectivity index (χ3n) is 14.4. The standard InChI is InChI=1S/C21H33O8P.C17H29O8P.C7H16O2.C5H9O3P.C5H13O2P.C5H13PS2/c1-13(15(22)26-8)19(3,4)17(24)28-10-21(7,12-30)11-29-18(25)20(5,6)14(2)16(23)27-9;1-15(2,11(18)22-6)13(20)24-8-17(5,10-26)9-25-14(21)16(3,4)12(19)23-7;1-3-4-7(2,5-8)6-9;1-5(3-9)2-7-4(6)8-5;2*1-5(2-6,3-7)4-8/h1-2,10-12,30H2,3-9H3;8-10,26H2,1-7H3;8-9H,3-6H2,1-2H3;2-3,9H2,1H3;6-7H,2-4,8H2,1H3;7-8H,2-4,6H2,1H3. The number of esters is 8. The van der Waals surface area contributed by atoms with E-state index in [-0.39, 0.29) is 74.8 Å². The molecule has 0 amide bonds. The largest absolute Gasteiger partial charge is 0.509 e. The quantitative estimate of drug-likeness (QED) is 0.0102. The number of ether oxygens (including phenoxy) is 10. The van der Waals surface area contributed by atoms with E-state index in [0.717, 1.165) is 42.8 Å². The van der Waals surface area contributed by atoms with E-state index in [0.29, 0.717) is 24.3 Å². The van der Waals surface area contributed by atoms with Crippen molar-refractivity contribution in [2.24, 2.45) is 48.7 Å². The SMILES string of the molecule is C=C(C(=O)OC)C(C)(C)C(=O)OCC(C)(CP)COC(=O)C(C)(C)C(=C)C(=O)OC.CC(CO)(CO)CP.CC(CP)(CS)CS.CC1(CP)COC(=O)O1.CCCC(C)(CO)CO.COC(=O)C(C)(C)C(=O)OCC(C)(CP)COC(=O)C(C)(C)C(=O)OC. The number of aliphatic hydroxyl groups is 4. The fraction of sp³-hybridized carbons (Fsp3) is 0.783. The van der Waals surface area contributed by atoms with Crippen molar-refractivity contribution in [1.29, 1.82) is 0 Å². The van der Waals surface area contributed by atoms with Gasteiger partial charge >= 0.3 is 53.9 Å². The summed E-state index contributed by atoms with van der Waals surface area (Å²) in [5.74, 6) is -3.78. The molecule has 1 fully saturated rings. The van der Waals surface area contributed by atoms with E-state index in [9.17, 15) is 43.2 Å². The Balaban J connectivity index is -0.000000355. The molecule has 1 heterocycles. The highest BCUT2D eigenvalue weighted by Crippen LogP contribution is 2.33. The van der Waals surface area contributed by atoms with Gasteiger partial charge < -0.3 is 67.8 Å². The number of hydrogen-bond acceptors (Lipinski definition) is 25. The first-order valence-electron chi connectivity index (χ1n) is 28.5. The minimum atomic E-state index is -1.44. The molecule has 1 rings (SSSR count). The Morgan fingerprint density at radius 2 is 0.756 bits per heavy atom. The van der Waals surface area contributed by atoms with Crippen LogP contribution in [0.1, 0.15) is 117 Å². The lowest BCUT2D eigenvalue weighted by molar-refractivity contribution is -0.173. The third kappa shape index (κ3) is 34.0. The first-order valence-corrected chi connectivity index (χ1v) is 33.9. The number of cyclic esters (lactones) is 2. The number of carbonyl (C=O) groups excluding carboxylic acids is 9. The van der Waals surface area contributed by atoms with Gasteiger partial charge in [0.25, 0.3) is 0 Å². The van der Waals surface area contributed by atoms with Crippen LogP contribution in [0.2, 0.25) is 0 Å². The Morgan fingerprint density at radius 1 is 0.478 bits per heavy atom. The number of methoxy groups -OCH3 is 4. The fourth-order valence-electron chi connectivity index (χ4n) is 5.42. The Kier molecular flexibility index (Phi) is 47.7. The molecule has 0 aromatic rings. The zero-order valence-electron chi connectivity index (χ0n) is 57.0. The predicted octanol–water partition coefficient (Wildman–Crippen LogP) is 6.96. The van der Waals surface area contributed by atoms with Gasteiger partial charge in [0.1, 0.15) is 33.0 Å². The molecule has 90 heavy (non-hydrogen) atoms. The van der Waals surface area contributed by atoms with Gasteiger partial charge in [0.15, 0.2) is 16.4 Å². The lowest BCUT2D eigenvalue weighted by atomic mass is 9.84. The van der Waals surface area contributed by atoms with Crippen LogP contribution in [-0.4, -0.2) is 210 Å². The zero-order valence-corrected chi connectivity index (χ0v) is 64.5. The van der Waals surface area contributed by atoms with Crippen molar-refractivity contribution in [2.45, 2.75) is 122 Å². The van der Waals surface area contributed by atoms with Crippen LogP contribution >= 0.6 is 71.5 Å². The number of aliphatic hydroxyl groups excluding tert-OH is 4. The maximum atomic E-state index is 12.5. The molecule has 6 unspecified atom stereocenters. The predicted molar refractivity (Wildman–Crippen MR) is 371 cm³/mol. The number of hydrogen-bond donors (Lipinski definition) is 6. The molecule has 0 aliphatic carbocycles. The zero-order chi connectivity index (χ0) is 72.1. The van der Waals surface area contributed by atoms with Gasteiger partial charge in [0, 0.05) is 39.0 Å². The minimum absolute atomic E-state index is 0.0305. The van der Waals surface area contributed by atoms with Gasteiger partial charge in [-0.1, -0.05) is 61.1 Å². The van der Waals surface area contributed by atoms with Crippen LogP contribution in [0.15, 0.2) is 24.3 Å². The summed E-state index contributed by atoms with van der Waals surface area (Å²) in [6, 6.07) is 0. The van der Waals surface area contributed by atoms with Crippen LogP contribution in [0.25, 0.3) is 0 Å². The molecule has 0 bridgehead atoms. The summed E-state index contributed by atoms with van der Waals surface area (Å²) in [6.45, 7) is 32.5. The van der Waals surface area contributed by atoms with Crippen molar-refractivity contribution < 1.29 is 111 Å².